The molecule has 0 saturated carbocycles. The predicted octanol–water partition coefficient (Wildman–Crippen LogP) is 3.33. The second-order valence-electron chi connectivity index (χ2n) is 5.98. The van der Waals surface area contributed by atoms with E-state index >= 15 is 0 Å². The van der Waals surface area contributed by atoms with E-state index in [0.29, 0.717) is 21.6 Å². The normalized spacial score (nSPS) is 10.6. The van der Waals surface area contributed by atoms with Crippen molar-refractivity contribution in [3.63, 3.8) is 0 Å². The monoisotopic (exact) mass is 418 g/mol. The van der Waals surface area contributed by atoms with E-state index in [1.807, 2.05) is 0 Å². The summed E-state index contributed by atoms with van der Waals surface area (Å²) < 4.78 is 0. The van der Waals surface area contributed by atoms with Gasteiger partial charge in [-0.05, 0) is 30.3 Å². The SMILES string of the molecule is NC(=O)CCNC(=O)c1ccccc1NC(=O)c1[nH]c2ccc(Cl)cc2c1Cl. The van der Waals surface area contributed by atoms with Crippen molar-refractivity contribution in [1.29, 1.82) is 0 Å². The third-order valence-electron chi connectivity index (χ3n) is 4.00. The summed E-state index contributed by atoms with van der Waals surface area (Å²) in [7, 11) is 0. The summed E-state index contributed by atoms with van der Waals surface area (Å²) in [4.78, 5) is 38.8. The highest BCUT2D eigenvalue weighted by atomic mass is 35.5. The Labute approximate surface area is 170 Å². The molecule has 9 heteroatoms. The molecule has 0 aliphatic heterocycles. The van der Waals surface area contributed by atoms with Gasteiger partial charge in [0.15, 0.2) is 0 Å². The fourth-order valence-electron chi connectivity index (χ4n) is 2.66. The lowest BCUT2D eigenvalue weighted by Gasteiger charge is -2.11. The van der Waals surface area contributed by atoms with Crippen LogP contribution in [0.5, 0.6) is 0 Å². The minimum atomic E-state index is -0.518. The van der Waals surface area contributed by atoms with Crippen LogP contribution in [0.25, 0.3) is 10.9 Å². The molecule has 144 valence electrons. The number of rotatable bonds is 6. The molecule has 7 nitrogen and oxygen atoms in total. The Morgan fingerprint density at radius 3 is 2.54 bits per heavy atom. The van der Waals surface area contributed by atoms with Crippen LogP contribution in [0.2, 0.25) is 10.0 Å². The van der Waals surface area contributed by atoms with Crippen LogP contribution in [0, 0.1) is 0 Å². The number of hydrogen-bond acceptors (Lipinski definition) is 3. The summed E-state index contributed by atoms with van der Waals surface area (Å²) in [6, 6.07) is 11.6. The van der Waals surface area contributed by atoms with E-state index in [4.69, 9.17) is 28.9 Å². The van der Waals surface area contributed by atoms with Crippen molar-refractivity contribution in [1.82, 2.24) is 10.3 Å². The summed E-state index contributed by atoms with van der Waals surface area (Å²) in [6.45, 7) is 0.102. The molecule has 0 radical (unpaired) electrons. The van der Waals surface area contributed by atoms with Crippen LogP contribution in [-0.2, 0) is 4.79 Å². The maximum atomic E-state index is 12.7. The maximum Gasteiger partial charge on any atom is 0.273 e. The molecule has 0 unspecified atom stereocenters. The van der Waals surface area contributed by atoms with Gasteiger partial charge in [0, 0.05) is 28.9 Å². The summed E-state index contributed by atoms with van der Waals surface area (Å²) in [5.74, 6) is -1.46. The van der Waals surface area contributed by atoms with Gasteiger partial charge in [-0.15, -0.1) is 0 Å². The zero-order chi connectivity index (χ0) is 20.3. The number of aromatic nitrogens is 1. The first-order valence-electron chi connectivity index (χ1n) is 8.30. The molecule has 0 aliphatic rings. The third kappa shape index (κ3) is 4.27. The van der Waals surface area contributed by atoms with E-state index < -0.39 is 17.7 Å². The Bertz CT molecular complexity index is 1080. The molecule has 1 aromatic heterocycles. The molecule has 0 atom stereocenters. The van der Waals surface area contributed by atoms with Gasteiger partial charge in [0.1, 0.15) is 5.69 Å². The number of nitrogens with two attached hydrogens (primary N) is 1. The highest BCUT2D eigenvalue weighted by Crippen LogP contribution is 2.30. The van der Waals surface area contributed by atoms with Gasteiger partial charge in [-0.3, -0.25) is 14.4 Å². The number of benzene rings is 2. The molecule has 3 aromatic rings. The van der Waals surface area contributed by atoms with Gasteiger partial charge in [0.05, 0.1) is 16.3 Å². The average molecular weight is 419 g/mol. The van der Waals surface area contributed by atoms with Crippen LogP contribution in [0.1, 0.15) is 27.3 Å². The average Bonchev–Trinajstić information content (AvgIpc) is 2.98. The second-order valence-corrected chi connectivity index (χ2v) is 6.79. The molecule has 0 aliphatic carbocycles. The number of amides is 3. The third-order valence-corrected chi connectivity index (χ3v) is 4.63. The highest BCUT2D eigenvalue weighted by molar-refractivity contribution is 6.40. The Balaban J connectivity index is 1.82. The van der Waals surface area contributed by atoms with Crippen molar-refractivity contribution in [2.75, 3.05) is 11.9 Å². The van der Waals surface area contributed by atoms with E-state index in [0.717, 1.165) is 0 Å². The summed E-state index contributed by atoms with van der Waals surface area (Å²) >= 11 is 12.3. The van der Waals surface area contributed by atoms with Crippen LogP contribution in [-0.4, -0.2) is 29.3 Å². The minimum absolute atomic E-state index is 0.0213. The van der Waals surface area contributed by atoms with Crippen LogP contribution in [0.15, 0.2) is 42.5 Å². The molecule has 28 heavy (non-hydrogen) atoms. The number of carbonyl (C=O) groups excluding carboxylic acids is 3. The molecule has 1 heterocycles. The van der Waals surface area contributed by atoms with Crippen molar-refractivity contribution in [2.24, 2.45) is 5.73 Å². The molecule has 0 fully saturated rings. The van der Waals surface area contributed by atoms with Crippen LogP contribution >= 0.6 is 23.2 Å². The molecular formula is C19H16Cl2N4O3. The molecular weight excluding hydrogens is 403 g/mol. The predicted molar refractivity (Wildman–Crippen MR) is 109 cm³/mol. The van der Waals surface area contributed by atoms with Crippen LogP contribution in [0.4, 0.5) is 5.69 Å². The second kappa shape index (κ2) is 8.33. The van der Waals surface area contributed by atoms with Crippen molar-refractivity contribution in [3.8, 4) is 0 Å². The van der Waals surface area contributed by atoms with Crippen LogP contribution < -0.4 is 16.4 Å². The molecule has 3 rings (SSSR count). The van der Waals surface area contributed by atoms with Gasteiger partial charge in [-0.25, -0.2) is 0 Å². The van der Waals surface area contributed by atoms with E-state index in [9.17, 15) is 14.4 Å². The Kier molecular flexibility index (Phi) is 5.87. The van der Waals surface area contributed by atoms with Gasteiger partial charge in [0.2, 0.25) is 5.91 Å². The number of hydrogen-bond donors (Lipinski definition) is 4. The fraction of sp³-hybridized carbons (Fsp3) is 0.105. The summed E-state index contributed by atoms with van der Waals surface area (Å²) in [6.07, 6.45) is 0.0213. The lowest BCUT2D eigenvalue weighted by atomic mass is 10.1. The van der Waals surface area contributed by atoms with Gasteiger partial charge >= 0.3 is 0 Å². The van der Waals surface area contributed by atoms with Crippen molar-refractivity contribution < 1.29 is 14.4 Å². The molecule has 3 amide bonds. The number of aromatic amines is 1. The van der Waals surface area contributed by atoms with Gasteiger partial charge in [-0.2, -0.15) is 0 Å². The first kappa shape index (κ1) is 19.7. The molecule has 0 spiro atoms. The van der Waals surface area contributed by atoms with E-state index in [1.165, 1.54) is 0 Å². The number of fused-ring (bicyclic) bond motifs is 1. The summed E-state index contributed by atoms with van der Waals surface area (Å²) in [5, 5.41) is 6.62. The zero-order valence-electron chi connectivity index (χ0n) is 14.5. The smallest absolute Gasteiger partial charge is 0.273 e. The van der Waals surface area contributed by atoms with Gasteiger partial charge in [-0.1, -0.05) is 35.3 Å². The summed E-state index contributed by atoms with van der Waals surface area (Å²) in [5.41, 5.74) is 6.43. The van der Waals surface area contributed by atoms with Gasteiger partial charge in [0.25, 0.3) is 11.8 Å². The maximum absolute atomic E-state index is 12.7. The number of carbonyl (C=O) groups is 3. The number of anilines is 1. The standard InChI is InChI=1S/C19H16Cl2N4O3/c20-10-5-6-14-12(9-10)16(21)17(24-14)19(28)25-13-4-2-1-3-11(13)18(27)23-8-7-15(22)26/h1-6,9,24H,7-8H2,(H2,22,26)(H,23,27)(H,25,28). The van der Waals surface area contributed by atoms with E-state index in [2.05, 4.69) is 15.6 Å². The minimum Gasteiger partial charge on any atom is -0.370 e. The lowest BCUT2D eigenvalue weighted by molar-refractivity contribution is -0.117. The number of halogens is 2. The quantitative estimate of drug-likeness (QED) is 0.491. The van der Waals surface area contributed by atoms with Crippen LogP contribution in [0.3, 0.4) is 0 Å². The highest BCUT2D eigenvalue weighted by Gasteiger charge is 2.19. The topological polar surface area (TPSA) is 117 Å². The Hall–Kier alpha value is -3.03. The molecule has 5 N–H and O–H groups in total. The first-order valence-corrected chi connectivity index (χ1v) is 9.06. The fourth-order valence-corrected chi connectivity index (χ4v) is 3.12. The number of para-hydroxylation sites is 1. The molecule has 0 saturated heterocycles. The first-order chi connectivity index (χ1) is 13.4. The largest absolute Gasteiger partial charge is 0.370 e. The van der Waals surface area contributed by atoms with Crippen molar-refractivity contribution >= 4 is 57.5 Å². The van der Waals surface area contributed by atoms with Crippen molar-refractivity contribution in [3.05, 3.63) is 63.8 Å². The van der Waals surface area contributed by atoms with Crippen molar-refractivity contribution in [2.45, 2.75) is 6.42 Å². The Morgan fingerprint density at radius 2 is 1.79 bits per heavy atom. The Morgan fingerprint density at radius 1 is 1.04 bits per heavy atom. The number of nitrogens with one attached hydrogen (secondary N) is 3. The van der Waals surface area contributed by atoms with E-state index in [-0.39, 0.29) is 29.2 Å². The number of H-pyrrole nitrogens is 1. The van der Waals surface area contributed by atoms with E-state index in [1.54, 1.807) is 42.5 Å². The van der Waals surface area contributed by atoms with Gasteiger partial charge < -0.3 is 21.4 Å². The molecule has 2 aromatic carbocycles. The molecule has 0 bridgehead atoms. The zero-order valence-corrected chi connectivity index (χ0v) is 16.0. The lowest BCUT2D eigenvalue weighted by Crippen LogP contribution is -2.29. The number of primary amides is 1.